The van der Waals surface area contributed by atoms with Gasteiger partial charge in [0.15, 0.2) is 5.58 Å². The molecule has 0 bridgehead atoms. The van der Waals surface area contributed by atoms with Gasteiger partial charge in [0.2, 0.25) is 5.95 Å². The monoisotopic (exact) mass is 623 g/mol. The topological polar surface area (TPSA) is 43.9 Å². The quantitative estimate of drug-likeness (QED) is 0.192. The van der Waals surface area contributed by atoms with Crippen LogP contribution in [0.4, 0.5) is 0 Å². The number of hydrogen-bond acceptors (Lipinski definition) is 5. The smallest absolute Gasteiger partial charge is 0.236 e. The van der Waals surface area contributed by atoms with Gasteiger partial charge in [-0.05, 0) is 36.4 Å². The van der Waals surface area contributed by atoms with Crippen LogP contribution in [0.5, 0.6) is 0 Å². The first-order valence-corrected chi connectivity index (χ1v) is 16.9. The summed E-state index contributed by atoms with van der Waals surface area (Å²) in [6.07, 6.45) is 0. The predicted octanol–water partition coefficient (Wildman–Crippen LogP) is 11.9. The van der Waals surface area contributed by atoms with Gasteiger partial charge in [0.1, 0.15) is 16.8 Å². The largest absolute Gasteiger partial charge is 0.452 e. The van der Waals surface area contributed by atoms with Crippen LogP contribution in [0.25, 0.3) is 101 Å². The van der Waals surface area contributed by atoms with E-state index in [2.05, 4.69) is 114 Å². The number of thiophene rings is 2. The first-order valence-electron chi connectivity index (χ1n) is 15.3. The Labute approximate surface area is 269 Å². The summed E-state index contributed by atoms with van der Waals surface area (Å²) in [5.74, 6) is 0.640. The molecule has 0 aliphatic carbocycles. The second kappa shape index (κ2) is 9.01. The summed E-state index contributed by atoms with van der Waals surface area (Å²) in [6, 6.07) is 45.1. The number of fused-ring (bicyclic) bond motifs is 13. The molecule has 0 saturated carbocycles. The maximum absolute atomic E-state index is 6.60. The molecule has 0 aliphatic heterocycles. The fourth-order valence-electron chi connectivity index (χ4n) is 7.27. The third kappa shape index (κ3) is 3.22. The Morgan fingerprint density at radius 3 is 2.13 bits per heavy atom. The maximum atomic E-state index is 6.60. The fraction of sp³-hybridized carbons (Fsp3) is 0. The number of rotatable bonds is 2. The normalized spacial score (nSPS) is 12.3. The van der Waals surface area contributed by atoms with Gasteiger partial charge in [-0.1, -0.05) is 91.0 Å². The minimum absolute atomic E-state index is 0.640. The van der Waals surface area contributed by atoms with Gasteiger partial charge in [0.25, 0.3) is 0 Å². The van der Waals surface area contributed by atoms with Gasteiger partial charge in [-0.15, -0.1) is 22.7 Å². The number of benzene rings is 6. The van der Waals surface area contributed by atoms with Crippen LogP contribution in [-0.4, -0.2) is 14.5 Å². The van der Waals surface area contributed by atoms with E-state index in [9.17, 15) is 0 Å². The van der Waals surface area contributed by atoms with E-state index in [1.54, 1.807) is 11.3 Å². The van der Waals surface area contributed by atoms with Crippen molar-refractivity contribution in [2.75, 3.05) is 0 Å². The molecule has 0 amide bonds. The lowest BCUT2D eigenvalue weighted by molar-refractivity contribution is 0.666. The Kier molecular flexibility index (Phi) is 4.84. The molecule has 4 nitrogen and oxygen atoms in total. The molecule has 0 N–H and O–H groups in total. The van der Waals surface area contributed by atoms with Gasteiger partial charge in [0, 0.05) is 62.1 Å². The van der Waals surface area contributed by atoms with Gasteiger partial charge >= 0.3 is 0 Å². The molecular formula is C40H21N3OS2. The number of furan rings is 1. The molecule has 0 atom stereocenters. The molecule has 0 spiro atoms. The van der Waals surface area contributed by atoms with Gasteiger partial charge < -0.3 is 4.42 Å². The van der Waals surface area contributed by atoms with Crippen LogP contribution in [-0.2, 0) is 0 Å². The zero-order valence-electron chi connectivity index (χ0n) is 24.2. The van der Waals surface area contributed by atoms with Crippen molar-refractivity contribution in [3.05, 3.63) is 127 Å². The Bertz CT molecular complexity index is 3050. The van der Waals surface area contributed by atoms with Crippen molar-refractivity contribution in [2.24, 2.45) is 0 Å². The van der Waals surface area contributed by atoms with Crippen molar-refractivity contribution in [1.29, 1.82) is 0 Å². The number of nitrogens with zero attached hydrogens (tertiary/aromatic N) is 3. The molecule has 0 saturated heterocycles. The Morgan fingerprint density at radius 2 is 1.24 bits per heavy atom. The van der Waals surface area contributed by atoms with E-state index in [-0.39, 0.29) is 0 Å². The fourth-order valence-corrected chi connectivity index (χ4v) is 9.59. The molecule has 11 aromatic rings. The summed E-state index contributed by atoms with van der Waals surface area (Å²) in [6.45, 7) is 0. The molecule has 0 radical (unpaired) electrons. The third-order valence-electron chi connectivity index (χ3n) is 9.24. The summed E-state index contributed by atoms with van der Waals surface area (Å²) in [7, 11) is 0. The molecular weight excluding hydrogens is 603 g/mol. The van der Waals surface area contributed by atoms with Gasteiger partial charge in [-0.2, -0.15) is 0 Å². The highest BCUT2D eigenvalue weighted by atomic mass is 32.1. The van der Waals surface area contributed by atoms with Crippen molar-refractivity contribution in [3.63, 3.8) is 0 Å². The molecule has 5 aromatic heterocycles. The maximum Gasteiger partial charge on any atom is 0.236 e. The Morgan fingerprint density at radius 1 is 0.522 bits per heavy atom. The Balaban J connectivity index is 1.34. The van der Waals surface area contributed by atoms with Crippen molar-refractivity contribution in [2.45, 2.75) is 0 Å². The Hall–Kier alpha value is -5.56. The van der Waals surface area contributed by atoms with E-state index in [1.807, 2.05) is 29.5 Å². The molecule has 11 rings (SSSR count). The van der Waals surface area contributed by atoms with Crippen LogP contribution in [0.2, 0.25) is 0 Å². The van der Waals surface area contributed by atoms with Crippen LogP contribution in [0.3, 0.4) is 0 Å². The zero-order chi connectivity index (χ0) is 29.9. The highest BCUT2D eigenvalue weighted by molar-refractivity contribution is 7.26. The highest BCUT2D eigenvalue weighted by Gasteiger charge is 2.24. The van der Waals surface area contributed by atoms with E-state index in [0.29, 0.717) is 11.5 Å². The summed E-state index contributed by atoms with van der Waals surface area (Å²) >= 11 is 3.64. The molecule has 5 heterocycles. The number of hydrogen-bond donors (Lipinski definition) is 0. The average molecular weight is 624 g/mol. The van der Waals surface area contributed by atoms with Gasteiger partial charge in [-0.25, -0.2) is 9.97 Å². The van der Waals surface area contributed by atoms with Crippen LogP contribution in [0.15, 0.2) is 132 Å². The second-order valence-electron chi connectivity index (χ2n) is 11.7. The molecule has 46 heavy (non-hydrogen) atoms. The predicted molar refractivity (Wildman–Crippen MR) is 195 cm³/mol. The third-order valence-corrected chi connectivity index (χ3v) is 11.6. The summed E-state index contributed by atoms with van der Waals surface area (Å²) in [5, 5.41) is 8.34. The highest BCUT2D eigenvalue weighted by Crippen LogP contribution is 2.45. The first kappa shape index (κ1) is 24.7. The van der Waals surface area contributed by atoms with Crippen LogP contribution in [0.1, 0.15) is 0 Å². The molecule has 214 valence electrons. The summed E-state index contributed by atoms with van der Waals surface area (Å²) < 4.78 is 13.9. The standard InChI is InChI=1S/C40H21N3OS2/c1-5-16-29-22(10-1)24-20-21-33-34(27-13-4-8-19-32(27)45-33)37(24)43(29)40-41-35-26-12-2-6-17-30(26)44-38(35)36(42-40)28-15-9-14-25-23-11-3-7-18-31(23)46-39(25)28/h1-21H. The lowest BCUT2D eigenvalue weighted by atomic mass is 10.1. The minimum Gasteiger partial charge on any atom is -0.452 e. The molecule has 0 unspecified atom stereocenters. The van der Waals surface area contributed by atoms with Gasteiger partial charge in [-0.3, -0.25) is 4.57 Å². The van der Waals surface area contributed by atoms with Crippen molar-refractivity contribution < 1.29 is 4.42 Å². The van der Waals surface area contributed by atoms with Crippen LogP contribution in [0, 0.1) is 0 Å². The summed E-state index contributed by atoms with van der Waals surface area (Å²) in [4.78, 5) is 10.8. The van der Waals surface area contributed by atoms with E-state index >= 15 is 0 Å². The molecule has 6 aromatic carbocycles. The minimum atomic E-state index is 0.640. The average Bonchev–Trinajstić information content (AvgIpc) is 3.86. The number of para-hydroxylation sites is 2. The molecule has 0 fully saturated rings. The SMILES string of the molecule is c1ccc2c(c1)oc1c(-c3cccc4c3sc3ccccc34)nc(-n3c4ccccc4c4ccc5sc6ccccc6c5c43)nc12. The van der Waals surface area contributed by atoms with Crippen molar-refractivity contribution >= 4 is 107 Å². The zero-order valence-corrected chi connectivity index (χ0v) is 25.8. The van der Waals surface area contributed by atoms with Crippen molar-refractivity contribution in [3.8, 4) is 17.2 Å². The number of aromatic nitrogens is 3. The lowest BCUT2D eigenvalue weighted by Crippen LogP contribution is -2.03. The first-order chi connectivity index (χ1) is 22.8. The van der Waals surface area contributed by atoms with E-state index in [0.717, 1.165) is 38.8 Å². The lowest BCUT2D eigenvalue weighted by Gasteiger charge is -2.11. The van der Waals surface area contributed by atoms with Gasteiger partial charge in [0.05, 0.1) is 11.0 Å². The van der Waals surface area contributed by atoms with Crippen molar-refractivity contribution in [1.82, 2.24) is 14.5 Å². The second-order valence-corrected chi connectivity index (χ2v) is 13.9. The van der Waals surface area contributed by atoms with Crippen LogP contribution >= 0.6 is 22.7 Å². The summed E-state index contributed by atoms with van der Waals surface area (Å²) in [5.41, 5.74) is 6.42. The van der Waals surface area contributed by atoms with Crippen LogP contribution < -0.4 is 0 Å². The van der Waals surface area contributed by atoms with E-state index in [4.69, 9.17) is 14.4 Å². The molecule has 0 aliphatic rings. The van der Waals surface area contributed by atoms with E-state index < -0.39 is 0 Å². The van der Waals surface area contributed by atoms with E-state index in [1.165, 1.54) is 51.1 Å². The molecule has 6 heteroatoms.